The van der Waals surface area contributed by atoms with Crippen LogP contribution in [-0.2, 0) is 11.1 Å². The number of imidazole rings is 1. The van der Waals surface area contributed by atoms with Gasteiger partial charge in [0.25, 0.3) is 0 Å². The monoisotopic (exact) mass is 614 g/mol. The number of fused-ring (bicyclic) bond motifs is 1. The van der Waals surface area contributed by atoms with Gasteiger partial charge in [-0.15, -0.1) is 0 Å². The average Bonchev–Trinajstić information content (AvgIpc) is 3.77. The molecule has 230 valence electrons. The van der Waals surface area contributed by atoms with Gasteiger partial charge in [0.15, 0.2) is 5.78 Å². The molecule has 0 spiro atoms. The first-order chi connectivity index (χ1) is 22.9. The van der Waals surface area contributed by atoms with Crippen molar-refractivity contribution in [2.45, 2.75) is 25.0 Å². The number of carbonyl (C=O) groups excluding carboxylic acids is 1. The Hall–Kier alpha value is -5.78. The van der Waals surface area contributed by atoms with Crippen LogP contribution < -0.4 is 0 Å². The molecule has 2 aromatic heterocycles. The molecule has 0 radical (unpaired) electrons. The molecule has 0 fully saturated rings. The molecule has 0 unspecified atom stereocenters. The Morgan fingerprint density at radius 3 is 1.91 bits per heavy atom. The van der Waals surface area contributed by atoms with Crippen LogP contribution in [0.25, 0.3) is 28.3 Å². The maximum atomic E-state index is 13.5. The Kier molecular flexibility index (Phi) is 7.76. The lowest BCUT2D eigenvalue weighted by molar-refractivity contribution is 0.0559. The van der Waals surface area contributed by atoms with Gasteiger partial charge in [0.05, 0.1) is 18.2 Å². The lowest BCUT2D eigenvalue weighted by Crippen LogP contribution is -2.37. The zero-order valence-corrected chi connectivity index (χ0v) is 26.2. The third-order valence-corrected chi connectivity index (χ3v) is 8.63. The van der Waals surface area contributed by atoms with E-state index < -0.39 is 11.1 Å². The van der Waals surface area contributed by atoms with Crippen LogP contribution in [0.4, 0.5) is 0 Å². The van der Waals surface area contributed by atoms with Gasteiger partial charge in [-0.1, -0.05) is 121 Å². The van der Waals surface area contributed by atoms with Crippen LogP contribution in [0.15, 0.2) is 163 Å². The van der Waals surface area contributed by atoms with E-state index in [1.807, 2.05) is 55.0 Å². The number of aromatic nitrogens is 2. The second-order valence-corrected chi connectivity index (χ2v) is 12.2. The van der Waals surface area contributed by atoms with Gasteiger partial charge >= 0.3 is 0 Å². The molecular formula is C42H34N2O3. The zero-order chi connectivity index (χ0) is 32.4. The van der Waals surface area contributed by atoms with Gasteiger partial charge in [-0.25, -0.2) is 4.98 Å². The molecule has 2 heterocycles. The minimum absolute atomic E-state index is 0.131. The topological polar surface area (TPSA) is 68.3 Å². The number of carbonyl (C=O) groups is 1. The van der Waals surface area contributed by atoms with Crippen molar-refractivity contribution in [2.24, 2.45) is 0 Å². The SMILES string of the molecule is CC(C)(O)c1cc2cc(C(=O)C=Cc3ccccc3-c3cncn3C(c3ccccc3)(c3ccccc3)c3ccccc3)ccc2o1. The molecule has 1 N–H and O–H groups in total. The Morgan fingerprint density at radius 2 is 1.32 bits per heavy atom. The molecule has 0 aliphatic rings. The standard InChI is InChI=1S/C42H34N2O3/c1-41(2,46)40-27-32-26-31(23-25-39(32)47-40)38(45)24-22-30-14-12-13-21-36(30)37-28-43-29-44(37)42(33-15-6-3-7-16-33,34-17-8-4-9-18-34)35-19-10-5-11-20-35/h3-29,46H,1-2H3. The summed E-state index contributed by atoms with van der Waals surface area (Å²) >= 11 is 0. The van der Waals surface area contributed by atoms with E-state index in [1.165, 1.54) is 0 Å². The second-order valence-electron chi connectivity index (χ2n) is 12.2. The first-order valence-corrected chi connectivity index (χ1v) is 15.6. The van der Waals surface area contributed by atoms with Crippen molar-refractivity contribution in [3.05, 3.63) is 192 Å². The van der Waals surface area contributed by atoms with Crippen LogP contribution in [0.2, 0.25) is 0 Å². The highest BCUT2D eigenvalue weighted by Gasteiger charge is 2.39. The third-order valence-electron chi connectivity index (χ3n) is 8.63. The van der Waals surface area contributed by atoms with Crippen LogP contribution in [0, 0.1) is 0 Å². The normalized spacial score (nSPS) is 12.1. The predicted octanol–water partition coefficient (Wildman–Crippen LogP) is 9.26. The number of benzene rings is 5. The van der Waals surface area contributed by atoms with Gasteiger partial charge < -0.3 is 14.1 Å². The number of hydrogen-bond acceptors (Lipinski definition) is 4. The van der Waals surface area contributed by atoms with E-state index in [0.29, 0.717) is 16.9 Å². The smallest absolute Gasteiger partial charge is 0.185 e. The molecule has 47 heavy (non-hydrogen) atoms. The number of rotatable bonds is 9. The van der Waals surface area contributed by atoms with Crippen molar-refractivity contribution in [3.8, 4) is 11.3 Å². The summed E-state index contributed by atoms with van der Waals surface area (Å²) in [5.41, 5.74) is 5.36. The fourth-order valence-electron chi connectivity index (χ4n) is 6.35. The minimum Gasteiger partial charge on any atom is -0.458 e. The first kappa shape index (κ1) is 29.9. The number of ketones is 1. The van der Waals surface area contributed by atoms with E-state index in [4.69, 9.17) is 9.40 Å². The highest BCUT2D eigenvalue weighted by atomic mass is 16.4. The predicted molar refractivity (Wildman–Crippen MR) is 187 cm³/mol. The Labute approximate surface area is 274 Å². The van der Waals surface area contributed by atoms with Crippen LogP contribution in [0.5, 0.6) is 0 Å². The molecule has 5 nitrogen and oxygen atoms in total. The Morgan fingerprint density at radius 1 is 0.745 bits per heavy atom. The van der Waals surface area contributed by atoms with Crippen molar-refractivity contribution in [1.29, 1.82) is 0 Å². The van der Waals surface area contributed by atoms with Crippen LogP contribution in [-0.4, -0.2) is 20.4 Å². The molecule has 7 aromatic rings. The molecule has 7 rings (SSSR count). The maximum absolute atomic E-state index is 13.5. The molecule has 0 saturated heterocycles. The first-order valence-electron chi connectivity index (χ1n) is 15.6. The van der Waals surface area contributed by atoms with Gasteiger partial charge in [-0.2, -0.15) is 0 Å². The molecule has 0 aliphatic heterocycles. The number of allylic oxidation sites excluding steroid dienone is 1. The average molecular weight is 615 g/mol. The fourth-order valence-corrected chi connectivity index (χ4v) is 6.35. The lowest BCUT2D eigenvalue weighted by atomic mass is 9.76. The molecule has 0 bridgehead atoms. The van der Waals surface area contributed by atoms with Gasteiger partial charge in [0.2, 0.25) is 0 Å². The van der Waals surface area contributed by atoms with Crippen LogP contribution in [0.1, 0.15) is 52.2 Å². The van der Waals surface area contributed by atoms with Gasteiger partial charge in [0.1, 0.15) is 22.5 Å². The highest BCUT2D eigenvalue weighted by Crippen LogP contribution is 2.43. The molecule has 5 heteroatoms. The summed E-state index contributed by atoms with van der Waals surface area (Å²) in [5, 5.41) is 11.1. The number of aliphatic hydroxyl groups is 1. The molecule has 0 aliphatic carbocycles. The number of furan rings is 1. The zero-order valence-electron chi connectivity index (χ0n) is 26.2. The van der Waals surface area contributed by atoms with Crippen LogP contribution in [0.3, 0.4) is 0 Å². The molecule has 0 saturated carbocycles. The van der Waals surface area contributed by atoms with Crippen molar-refractivity contribution in [1.82, 2.24) is 9.55 Å². The summed E-state index contributed by atoms with van der Waals surface area (Å²) in [5.74, 6) is 0.323. The Bertz CT molecular complexity index is 2090. The molecule has 0 atom stereocenters. The van der Waals surface area contributed by atoms with Crippen molar-refractivity contribution < 1.29 is 14.3 Å². The van der Waals surface area contributed by atoms with Gasteiger partial charge in [0, 0.05) is 16.5 Å². The summed E-state index contributed by atoms with van der Waals surface area (Å²) in [6.07, 6.45) is 7.27. The Balaban J connectivity index is 1.34. The van der Waals surface area contributed by atoms with Gasteiger partial charge in [-0.05, 0) is 66.4 Å². The minimum atomic E-state index is -1.11. The summed E-state index contributed by atoms with van der Waals surface area (Å²) in [4.78, 5) is 18.2. The van der Waals surface area contributed by atoms with E-state index >= 15 is 0 Å². The largest absolute Gasteiger partial charge is 0.458 e. The highest BCUT2D eigenvalue weighted by molar-refractivity contribution is 6.08. The third kappa shape index (κ3) is 5.51. The molecule has 0 amide bonds. The number of hydrogen-bond donors (Lipinski definition) is 1. The lowest BCUT2D eigenvalue weighted by Gasteiger charge is -2.38. The maximum Gasteiger partial charge on any atom is 0.185 e. The summed E-state index contributed by atoms with van der Waals surface area (Å²) in [7, 11) is 0. The van der Waals surface area contributed by atoms with Crippen molar-refractivity contribution in [2.75, 3.05) is 0 Å². The fraction of sp³-hybridized carbons (Fsp3) is 0.0952. The van der Waals surface area contributed by atoms with E-state index in [1.54, 1.807) is 44.2 Å². The van der Waals surface area contributed by atoms with Gasteiger partial charge in [-0.3, -0.25) is 4.79 Å². The van der Waals surface area contributed by atoms with Crippen molar-refractivity contribution >= 4 is 22.8 Å². The number of nitrogens with zero attached hydrogens (tertiary/aromatic N) is 2. The van der Waals surface area contributed by atoms with Crippen LogP contribution >= 0.6 is 0 Å². The molecule has 5 aromatic carbocycles. The van der Waals surface area contributed by atoms with E-state index in [9.17, 15) is 9.90 Å². The van der Waals surface area contributed by atoms with E-state index in [0.717, 1.165) is 38.9 Å². The second kappa shape index (κ2) is 12.2. The summed E-state index contributed by atoms with van der Waals surface area (Å²) in [6, 6.07) is 46.7. The molecular weight excluding hydrogens is 580 g/mol. The summed E-state index contributed by atoms with van der Waals surface area (Å²) in [6.45, 7) is 3.35. The van der Waals surface area contributed by atoms with E-state index in [-0.39, 0.29) is 5.78 Å². The van der Waals surface area contributed by atoms with Crippen molar-refractivity contribution in [3.63, 3.8) is 0 Å². The summed E-state index contributed by atoms with van der Waals surface area (Å²) < 4.78 is 8.05. The quantitative estimate of drug-likeness (QED) is 0.1000. The van der Waals surface area contributed by atoms with E-state index in [2.05, 4.69) is 83.4 Å².